The number of carbonyl (C=O) groups excluding carboxylic acids is 1. The van der Waals surface area contributed by atoms with E-state index in [0.717, 1.165) is 27.2 Å². The number of benzene rings is 2. The number of rotatable bonds is 6. The smallest absolute Gasteiger partial charge is 0.335 e. The SMILES string of the molecule is COc1ccc2c(C)cc(SCC(=O)Nc3cccc(C(=O)O)c3)nc2c1. The third-order valence-electron chi connectivity index (χ3n) is 3.94. The molecule has 0 unspecified atom stereocenters. The minimum Gasteiger partial charge on any atom is -0.497 e. The van der Waals surface area contributed by atoms with Gasteiger partial charge in [-0.3, -0.25) is 4.79 Å². The molecule has 1 amide bonds. The average Bonchev–Trinajstić information content (AvgIpc) is 2.66. The van der Waals surface area contributed by atoms with Crippen molar-refractivity contribution in [3.8, 4) is 5.75 Å². The first-order chi connectivity index (χ1) is 13.0. The van der Waals surface area contributed by atoms with Crippen molar-refractivity contribution in [2.45, 2.75) is 11.9 Å². The average molecular weight is 382 g/mol. The normalized spacial score (nSPS) is 10.6. The van der Waals surface area contributed by atoms with Crippen LogP contribution in [0.15, 0.2) is 53.6 Å². The second kappa shape index (κ2) is 8.09. The molecule has 0 aliphatic rings. The van der Waals surface area contributed by atoms with E-state index in [0.29, 0.717) is 5.69 Å². The van der Waals surface area contributed by atoms with Gasteiger partial charge < -0.3 is 15.2 Å². The van der Waals surface area contributed by atoms with E-state index < -0.39 is 5.97 Å². The molecule has 7 heteroatoms. The standard InChI is InChI=1S/C20H18N2O4S/c1-12-8-19(22-17-10-15(26-2)6-7-16(12)17)27-11-18(23)21-14-5-3-4-13(9-14)20(24)25/h3-10H,11H2,1-2H3,(H,21,23)(H,24,25). The quantitative estimate of drug-likeness (QED) is 0.627. The molecule has 27 heavy (non-hydrogen) atoms. The molecule has 1 heterocycles. The van der Waals surface area contributed by atoms with Gasteiger partial charge in [-0.15, -0.1) is 0 Å². The van der Waals surface area contributed by atoms with Crippen molar-refractivity contribution >= 4 is 40.2 Å². The number of carboxylic acids is 1. The van der Waals surface area contributed by atoms with Gasteiger partial charge >= 0.3 is 5.97 Å². The number of nitrogens with zero attached hydrogens (tertiary/aromatic N) is 1. The Morgan fingerprint density at radius 2 is 2.00 bits per heavy atom. The number of fused-ring (bicyclic) bond motifs is 1. The predicted molar refractivity (Wildman–Crippen MR) is 106 cm³/mol. The van der Waals surface area contributed by atoms with Crippen molar-refractivity contribution in [2.24, 2.45) is 0 Å². The van der Waals surface area contributed by atoms with Crippen LogP contribution in [0.3, 0.4) is 0 Å². The van der Waals surface area contributed by atoms with E-state index in [9.17, 15) is 9.59 Å². The number of hydrogen-bond donors (Lipinski definition) is 2. The molecular weight excluding hydrogens is 364 g/mol. The summed E-state index contributed by atoms with van der Waals surface area (Å²) in [6.45, 7) is 2.00. The summed E-state index contributed by atoms with van der Waals surface area (Å²) in [7, 11) is 1.61. The Morgan fingerprint density at radius 3 is 2.74 bits per heavy atom. The molecular formula is C20H18N2O4S. The number of carboxylic acid groups (broad SMARTS) is 1. The molecule has 0 radical (unpaired) electrons. The van der Waals surface area contributed by atoms with Crippen LogP contribution in [0.1, 0.15) is 15.9 Å². The summed E-state index contributed by atoms with van der Waals surface area (Å²) in [4.78, 5) is 27.8. The third kappa shape index (κ3) is 4.57. The van der Waals surface area contributed by atoms with Crippen LogP contribution in [0.4, 0.5) is 5.69 Å². The van der Waals surface area contributed by atoms with E-state index in [4.69, 9.17) is 9.84 Å². The highest BCUT2D eigenvalue weighted by Crippen LogP contribution is 2.26. The summed E-state index contributed by atoms with van der Waals surface area (Å²) in [6, 6.07) is 13.8. The van der Waals surface area contributed by atoms with Crippen molar-refractivity contribution in [3.63, 3.8) is 0 Å². The minimum atomic E-state index is -1.04. The molecule has 0 atom stereocenters. The molecule has 138 valence electrons. The highest BCUT2D eigenvalue weighted by Gasteiger charge is 2.09. The highest BCUT2D eigenvalue weighted by molar-refractivity contribution is 7.99. The summed E-state index contributed by atoms with van der Waals surface area (Å²) >= 11 is 1.32. The lowest BCUT2D eigenvalue weighted by molar-refractivity contribution is -0.113. The molecule has 0 aliphatic carbocycles. The van der Waals surface area contributed by atoms with Gasteiger partial charge in [0, 0.05) is 17.1 Å². The van der Waals surface area contributed by atoms with Gasteiger partial charge in [0.25, 0.3) is 0 Å². The van der Waals surface area contributed by atoms with Gasteiger partial charge in [0.15, 0.2) is 0 Å². The minimum absolute atomic E-state index is 0.126. The molecule has 0 bridgehead atoms. The maximum Gasteiger partial charge on any atom is 0.335 e. The summed E-state index contributed by atoms with van der Waals surface area (Å²) < 4.78 is 5.24. The van der Waals surface area contributed by atoms with Crippen LogP contribution in [0, 0.1) is 6.92 Å². The molecule has 0 saturated carbocycles. The molecule has 3 aromatic rings. The van der Waals surface area contributed by atoms with E-state index in [-0.39, 0.29) is 17.2 Å². The molecule has 2 aromatic carbocycles. The van der Waals surface area contributed by atoms with Crippen molar-refractivity contribution < 1.29 is 19.4 Å². The summed E-state index contributed by atoms with van der Waals surface area (Å²) in [5.74, 6) is -0.369. The number of thioether (sulfide) groups is 1. The number of carbonyl (C=O) groups is 2. The van der Waals surface area contributed by atoms with Crippen LogP contribution < -0.4 is 10.1 Å². The fourth-order valence-corrected chi connectivity index (χ4v) is 3.39. The maximum absolute atomic E-state index is 12.2. The largest absolute Gasteiger partial charge is 0.497 e. The summed E-state index contributed by atoms with van der Waals surface area (Å²) in [6.07, 6.45) is 0. The van der Waals surface area contributed by atoms with Crippen molar-refractivity contribution in [1.29, 1.82) is 0 Å². The Bertz CT molecular complexity index is 1020. The van der Waals surface area contributed by atoms with Crippen LogP contribution in [-0.2, 0) is 4.79 Å². The second-order valence-electron chi connectivity index (χ2n) is 5.88. The van der Waals surface area contributed by atoms with E-state index in [2.05, 4.69) is 10.3 Å². The van der Waals surface area contributed by atoms with Crippen LogP contribution >= 0.6 is 11.8 Å². The number of aromatic carboxylic acids is 1. The number of aromatic nitrogens is 1. The molecule has 0 spiro atoms. The monoisotopic (exact) mass is 382 g/mol. The van der Waals surface area contributed by atoms with Gasteiger partial charge in [-0.25, -0.2) is 9.78 Å². The zero-order chi connectivity index (χ0) is 19.4. The molecule has 1 aromatic heterocycles. The van der Waals surface area contributed by atoms with Gasteiger partial charge in [-0.1, -0.05) is 17.8 Å². The Morgan fingerprint density at radius 1 is 1.19 bits per heavy atom. The summed E-state index contributed by atoms with van der Waals surface area (Å²) in [5, 5.41) is 13.5. The van der Waals surface area contributed by atoms with E-state index >= 15 is 0 Å². The molecule has 0 fully saturated rings. The van der Waals surface area contributed by atoms with Crippen LogP contribution in [-0.4, -0.2) is 34.8 Å². The number of ether oxygens (including phenoxy) is 1. The van der Waals surface area contributed by atoms with Gasteiger partial charge in [0.05, 0.1) is 29.0 Å². The van der Waals surface area contributed by atoms with Gasteiger partial charge in [0.2, 0.25) is 5.91 Å². The number of hydrogen-bond acceptors (Lipinski definition) is 5. The fourth-order valence-electron chi connectivity index (χ4n) is 2.62. The lowest BCUT2D eigenvalue weighted by Gasteiger charge is -2.09. The van der Waals surface area contributed by atoms with Crippen molar-refractivity contribution in [2.75, 3.05) is 18.2 Å². The van der Waals surface area contributed by atoms with Gasteiger partial charge in [-0.2, -0.15) is 0 Å². The number of nitrogens with one attached hydrogen (secondary N) is 1. The number of anilines is 1. The van der Waals surface area contributed by atoms with Crippen molar-refractivity contribution in [1.82, 2.24) is 4.98 Å². The van der Waals surface area contributed by atoms with Gasteiger partial charge in [0.1, 0.15) is 5.75 Å². The molecule has 6 nitrogen and oxygen atoms in total. The van der Waals surface area contributed by atoms with Crippen LogP contribution in [0.5, 0.6) is 5.75 Å². The maximum atomic E-state index is 12.2. The molecule has 0 saturated heterocycles. The van der Waals surface area contributed by atoms with Crippen LogP contribution in [0.25, 0.3) is 10.9 Å². The van der Waals surface area contributed by atoms with E-state index in [1.54, 1.807) is 19.2 Å². The number of aryl methyl sites for hydroxylation is 1. The Kier molecular flexibility index (Phi) is 5.61. The summed E-state index contributed by atoms with van der Waals surface area (Å²) in [5.41, 5.74) is 2.46. The van der Waals surface area contributed by atoms with E-state index in [1.165, 1.54) is 23.9 Å². The lowest BCUT2D eigenvalue weighted by Crippen LogP contribution is -2.14. The Hall–Kier alpha value is -3.06. The van der Waals surface area contributed by atoms with E-state index in [1.807, 2.05) is 31.2 Å². The molecule has 2 N–H and O–H groups in total. The van der Waals surface area contributed by atoms with Crippen molar-refractivity contribution in [3.05, 3.63) is 59.7 Å². The Balaban J connectivity index is 1.69. The molecule has 0 aliphatic heterocycles. The Labute approximate surface area is 160 Å². The number of pyridine rings is 1. The predicted octanol–water partition coefficient (Wildman–Crippen LogP) is 3.98. The third-order valence-corrected chi connectivity index (χ3v) is 4.86. The van der Waals surface area contributed by atoms with Crippen LogP contribution in [0.2, 0.25) is 0 Å². The fraction of sp³-hybridized carbons (Fsp3) is 0.150. The molecule has 3 rings (SSSR count). The first-order valence-corrected chi connectivity index (χ1v) is 9.16. The second-order valence-corrected chi connectivity index (χ2v) is 6.88. The lowest BCUT2D eigenvalue weighted by atomic mass is 10.1. The first kappa shape index (κ1) is 18.7. The first-order valence-electron chi connectivity index (χ1n) is 8.17. The zero-order valence-corrected chi connectivity index (χ0v) is 15.7. The number of methoxy groups -OCH3 is 1. The highest BCUT2D eigenvalue weighted by atomic mass is 32.2. The topological polar surface area (TPSA) is 88.5 Å². The number of amides is 1. The van der Waals surface area contributed by atoms with Gasteiger partial charge in [-0.05, 0) is 48.9 Å². The zero-order valence-electron chi connectivity index (χ0n) is 14.9.